The topological polar surface area (TPSA) is 68.2 Å². The third-order valence-electron chi connectivity index (χ3n) is 6.64. The van der Waals surface area contributed by atoms with Gasteiger partial charge in [-0.15, -0.1) is 0 Å². The number of carbonyl (C=O) groups is 1. The van der Waals surface area contributed by atoms with E-state index in [0.717, 1.165) is 61.4 Å². The number of benzene rings is 3. The van der Waals surface area contributed by atoms with Crippen LogP contribution in [-0.2, 0) is 11.2 Å². The lowest BCUT2D eigenvalue weighted by atomic mass is 9.90. The largest absolute Gasteiger partial charge is 0.508 e. The van der Waals surface area contributed by atoms with Gasteiger partial charge in [-0.05, 0) is 73.1 Å². The first kappa shape index (κ1) is 22.1. The molecule has 6 nitrogen and oxygen atoms in total. The van der Waals surface area contributed by atoms with Crippen molar-refractivity contribution in [1.29, 1.82) is 0 Å². The number of aromatic hydroxyl groups is 1. The van der Waals surface area contributed by atoms with Gasteiger partial charge in [0.15, 0.2) is 18.1 Å². The van der Waals surface area contributed by atoms with Gasteiger partial charge in [0.2, 0.25) is 6.79 Å². The molecule has 176 valence electrons. The fourth-order valence-electron chi connectivity index (χ4n) is 4.67. The van der Waals surface area contributed by atoms with Crippen LogP contribution in [-0.4, -0.2) is 42.4 Å². The Kier molecular flexibility index (Phi) is 6.56. The highest BCUT2D eigenvalue weighted by Gasteiger charge is 2.23. The summed E-state index contributed by atoms with van der Waals surface area (Å²) in [5, 5.41) is 9.80. The summed E-state index contributed by atoms with van der Waals surface area (Å²) in [6, 6.07) is 20.8. The van der Waals surface area contributed by atoms with Gasteiger partial charge in [-0.1, -0.05) is 36.4 Å². The first-order chi connectivity index (χ1) is 16.7. The van der Waals surface area contributed by atoms with Crippen LogP contribution in [0.15, 0.2) is 66.7 Å². The molecule has 0 saturated carbocycles. The van der Waals surface area contributed by atoms with Crippen LogP contribution in [0.3, 0.4) is 0 Å². The maximum absolute atomic E-state index is 12.8. The van der Waals surface area contributed by atoms with Crippen molar-refractivity contribution in [3.05, 3.63) is 72.3 Å². The van der Waals surface area contributed by atoms with E-state index in [1.54, 1.807) is 18.2 Å². The molecule has 0 aromatic heterocycles. The summed E-state index contributed by atoms with van der Waals surface area (Å²) in [7, 11) is 0. The molecule has 34 heavy (non-hydrogen) atoms. The van der Waals surface area contributed by atoms with Crippen LogP contribution in [0, 0.1) is 5.92 Å². The summed E-state index contributed by atoms with van der Waals surface area (Å²) in [6.45, 7) is 1.85. The predicted molar refractivity (Wildman–Crippen MR) is 129 cm³/mol. The second-order valence-electron chi connectivity index (χ2n) is 8.89. The number of nitrogens with zero attached hydrogens (tertiary/aromatic N) is 1. The molecule has 1 fully saturated rings. The Morgan fingerprint density at radius 3 is 2.65 bits per heavy atom. The molecule has 5 rings (SSSR count). The summed E-state index contributed by atoms with van der Waals surface area (Å²) in [5.41, 5.74) is 2.97. The Morgan fingerprint density at radius 2 is 1.79 bits per heavy atom. The highest BCUT2D eigenvalue weighted by Crippen LogP contribution is 2.34. The van der Waals surface area contributed by atoms with Gasteiger partial charge in [0.1, 0.15) is 11.5 Å². The number of rotatable bonds is 7. The summed E-state index contributed by atoms with van der Waals surface area (Å²) >= 11 is 0. The zero-order chi connectivity index (χ0) is 23.3. The molecule has 1 amide bonds. The van der Waals surface area contributed by atoms with Crippen LogP contribution in [0.4, 0.5) is 0 Å². The van der Waals surface area contributed by atoms with Crippen LogP contribution in [0.2, 0.25) is 0 Å². The quantitative estimate of drug-likeness (QED) is 0.536. The number of hydrogen-bond donors (Lipinski definition) is 1. The third kappa shape index (κ3) is 5.11. The Balaban J connectivity index is 1.10. The first-order valence-electron chi connectivity index (χ1n) is 11.8. The molecule has 0 unspecified atom stereocenters. The molecule has 0 radical (unpaired) electrons. The minimum Gasteiger partial charge on any atom is -0.508 e. The standard InChI is InChI=1S/C28H29NO5/c30-23-5-3-4-22(17-23)24-6-1-2-7-25(24)32-18-28(31)29-14-12-20(13-15-29)8-9-21-10-11-26-27(16-21)34-19-33-26/h1-7,10-11,16-17,20,30H,8-9,12-15,18-19H2. The number of aryl methyl sites for hydroxylation is 1. The van der Waals surface area contributed by atoms with E-state index in [2.05, 4.69) is 12.1 Å². The van der Waals surface area contributed by atoms with Gasteiger partial charge >= 0.3 is 0 Å². The molecule has 0 spiro atoms. The second-order valence-corrected chi connectivity index (χ2v) is 8.89. The van der Waals surface area contributed by atoms with Crippen LogP contribution in [0.5, 0.6) is 23.0 Å². The van der Waals surface area contributed by atoms with E-state index in [9.17, 15) is 9.90 Å². The van der Waals surface area contributed by atoms with E-state index in [1.807, 2.05) is 41.3 Å². The van der Waals surface area contributed by atoms with Gasteiger partial charge in [0, 0.05) is 18.7 Å². The van der Waals surface area contributed by atoms with Gasteiger partial charge in [0.05, 0.1) is 0 Å². The van der Waals surface area contributed by atoms with Crippen LogP contribution < -0.4 is 14.2 Å². The smallest absolute Gasteiger partial charge is 0.260 e. The molecule has 6 heteroatoms. The SMILES string of the molecule is O=C(COc1ccccc1-c1cccc(O)c1)N1CCC(CCc2ccc3c(c2)OCO3)CC1. The minimum absolute atomic E-state index is 0.0116. The fraction of sp³-hybridized carbons (Fsp3) is 0.321. The molecule has 0 atom stereocenters. The number of amides is 1. The van der Waals surface area contributed by atoms with Crippen LogP contribution in [0.1, 0.15) is 24.8 Å². The zero-order valence-electron chi connectivity index (χ0n) is 19.1. The van der Waals surface area contributed by atoms with Crippen LogP contribution in [0.25, 0.3) is 11.1 Å². The number of ether oxygens (including phenoxy) is 3. The first-order valence-corrected chi connectivity index (χ1v) is 11.8. The van der Waals surface area contributed by atoms with Gasteiger partial charge in [-0.3, -0.25) is 4.79 Å². The third-order valence-corrected chi connectivity index (χ3v) is 6.64. The summed E-state index contributed by atoms with van der Waals surface area (Å²) in [4.78, 5) is 14.7. The summed E-state index contributed by atoms with van der Waals surface area (Å²) in [6.07, 6.45) is 4.13. The number of likely N-dealkylation sites (tertiary alicyclic amines) is 1. The Labute approximate surface area is 199 Å². The van der Waals surface area contributed by atoms with E-state index in [0.29, 0.717) is 18.5 Å². The van der Waals surface area contributed by atoms with Crippen molar-refractivity contribution >= 4 is 5.91 Å². The van der Waals surface area contributed by atoms with Crippen LogP contribution >= 0.6 is 0 Å². The van der Waals surface area contributed by atoms with Crippen molar-refractivity contribution in [2.24, 2.45) is 5.92 Å². The van der Waals surface area contributed by atoms with E-state index < -0.39 is 0 Å². The normalized spacial score (nSPS) is 15.4. The molecule has 2 aliphatic rings. The molecule has 3 aromatic rings. The number of phenols is 1. The highest BCUT2D eigenvalue weighted by molar-refractivity contribution is 5.78. The van der Waals surface area contributed by atoms with Crippen molar-refractivity contribution in [2.75, 3.05) is 26.5 Å². The van der Waals surface area contributed by atoms with E-state index in [4.69, 9.17) is 14.2 Å². The van der Waals surface area contributed by atoms with Gasteiger partial charge in [-0.25, -0.2) is 0 Å². The summed E-state index contributed by atoms with van der Waals surface area (Å²) in [5.74, 6) is 3.12. The molecule has 2 heterocycles. The molecule has 2 aliphatic heterocycles. The lowest BCUT2D eigenvalue weighted by molar-refractivity contribution is -0.134. The Bertz CT molecular complexity index is 1150. The molecular weight excluding hydrogens is 430 g/mol. The number of para-hydroxylation sites is 1. The predicted octanol–water partition coefficient (Wildman–Crippen LogP) is 5.04. The maximum atomic E-state index is 12.8. The van der Waals surface area contributed by atoms with Crippen molar-refractivity contribution in [3.8, 4) is 34.1 Å². The zero-order valence-corrected chi connectivity index (χ0v) is 19.1. The average molecular weight is 460 g/mol. The number of carbonyl (C=O) groups excluding carboxylic acids is 1. The lowest BCUT2D eigenvalue weighted by Crippen LogP contribution is -2.41. The molecule has 1 N–H and O–H groups in total. The van der Waals surface area contributed by atoms with E-state index >= 15 is 0 Å². The number of phenolic OH excluding ortho intramolecular Hbond substituents is 1. The maximum Gasteiger partial charge on any atom is 0.260 e. The molecule has 0 bridgehead atoms. The van der Waals surface area contributed by atoms with Gasteiger partial charge in [0.25, 0.3) is 5.91 Å². The fourth-order valence-corrected chi connectivity index (χ4v) is 4.67. The van der Waals surface area contributed by atoms with Crippen molar-refractivity contribution < 1.29 is 24.1 Å². The second kappa shape index (κ2) is 10.1. The number of hydrogen-bond acceptors (Lipinski definition) is 5. The number of fused-ring (bicyclic) bond motifs is 1. The molecular formula is C28H29NO5. The van der Waals surface area contributed by atoms with Gasteiger partial charge in [-0.2, -0.15) is 0 Å². The highest BCUT2D eigenvalue weighted by atomic mass is 16.7. The average Bonchev–Trinajstić information content (AvgIpc) is 3.34. The Morgan fingerprint density at radius 1 is 0.971 bits per heavy atom. The molecule has 1 saturated heterocycles. The van der Waals surface area contributed by atoms with E-state index in [-0.39, 0.29) is 18.3 Å². The lowest BCUT2D eigenvalue weighted by Gasteiger charge is -2.32. The monoisotopic (exact) mass is 459 g/mol. The number of piperidine rings is 1. The Hall–Kier alpha value is -3.67. The summed E-state index contributed by atoms with van der Waals surface area (Å²) < 4.78 is 16.8. The molecule has 3 aromatic carbocycles. The van der Waals surface area contributed by atoms with Crippen molar-refractivity contribution in [3.63, 3.8) is 0 Å². The minimum atomic E-state index is 0.0116. The molecule has 0 aliphatic carbocycles. The van der Waals surface area contributed by atoms with Crippen molar-refractivity contribution in [1.82, 2.24) is 4.90 Å². The van der Waals surface area contributed by atoms with Crippen molar-refractivity contribution in [2.45, 2.75) is 25.7 Å². The van der Waals surface area contributed by atoms with Gasteiger partial charge < -0.3 is 24.2 Å². The van der Waals surface area contributed by atoms with E-state index in [1.165, 1.54) is 5.56 Å².